The second-order valence-electron chi connectivity index (χ2n) is 3.85. The average Bonchev–Trinajstić information content (AvgIpc) is 2.32. The van der Waals surface area contributed by atoms with E-state index in [0.29, 0.717) is 0 Å². The maximum absolute atomic E-state index is 6.42. The van der Waals surface area contributed by atoms with Crippen molar-refractivity contribution in [2.24, 2.45) is 0 Å². The molecule has 0 aliphatic heterocycles. The molecule has 0 saturated carbocycles. The Morgan fingerprint density at radius 3 is 2.29 bits per heavy atom. The van der Waals surface area contributed by atoms with Crippen LogP contribution in [0.4, 0.5) is 0 Å². The van der Waals surface area contributed by atoms with Gasteiger partial charge in [-0.05, 0) is 41.8 Å². The highest BCUT2D eigenvalue weighted by Gasteiger charge is 2.09. The molecule has 0 saturated heterocycles. The fourth-order valence-corrected chi connectivity index (χ4v) is 2.64. The van der Waals surface area contributed by atoms with E-state index < -0.39 is 0 Å². The van der Waals surface area contributed by atoms with Crippen LogP contribution in [0.1, 0.15) is 16.5 Å². The van der Waals surface area contributed by atoms with E-state index in [0.717, 1.165) is 20.9 Å². The van der Waals surface area contributed by atoms with Crippen LogP contribution in [0.5, 0.6) is 0 Å². The molecular weight excluding hydrogens is 363 g/mol. The Morgan fingerprint density at radius 1 is 0.941 bits per heavy atom. The van der Waals surface area contributed by atoms with Gasteiger partial charge < -0.3 is 0 Å². The number of benzene rings is 2. The van der Waals surface area contributed by atoms with Crippen molar-refractivity contribution in [3.8, 4) is 0 Å². The summed E-state index contributed by atoms with van der Waals surface area (Å²) in [5, 5.41) is 0.00803. The molecule has 1 atom stereocenters. The smallest absolute Gasteiger partial charge is 0.0625 e. The summed E-state index contributed by atoms with van der Waals surface area (Å²) in [5.74, 6) is 0. The lowest BCUT2D eigenvalue weighted by molar-refractivity contribution is 0.918. The van der Waals surface area contributed by atoms with Gasteiger partial charge in [0.1, 0.15) is 0 Å². The second kappa shape index (κ2) is 6.03. The largest absolute Gasteiger partial charge is 0.117 e. The van der Waals surface area contributed by atoms with E-state index in [1.807, 2.05) is 24.3 Å². The van der Waals surface area contributed by atoms with Crippen molar-refractivity contribution in [3.63, 3.8) is 0 Å². The first-order chi connectivity index (χ1) is 8.15. The lowest BCUT2D eigenvalue weighted by Crippen LogP contribution is -1.95. The Hall–Kier alpha value is -0.310. The minimum atomic E-state index is 0.00803. The lowest BCUT2D eigenvalue weighted by atomic mass is 10.0. The van der Waals surface area contributed by atoms with Crippen molar-refractivity contribution in [3.05, 3.63) is 68.6 Å². The lowest BCUT2D eigenvalue weighted by Gasteiger charge is -2.10. The van der Waals surface area contributed by atoms with Crippen molar-refractivity contribution < 1.29 is 0 Å². The maximum Gasteiger partial charge on any atom is 0.0625 e. The van der Waals surface area contributed by atoms with E-state index in [4.69, 9.17) is 11.6 Å². The first-order valence-electron chi connectivity index (χ1n) is 5.29. The van der Waals surface area contributed by atoms with Crippen LogP contribution in [0.3, 0.4) is 0 Å². The third-order valence-corrected chi connectivity index (χ3v) is 3.97. The number of hydrogen-bond acceptors (Lipinski definition) is 0. The van der Waals surface area contributed by atoms with E-state index in [1.165, 1.54) is 5.56 Å². The Labute approximate surface area is 123 Å². The number of rotatable bonds is 3. The first kappa shape index (κ1) is 13.1. The van der Waals surface area contributed by atoms with Crippen LogP contribution >= 0.6 is 43.5 Å². The van der Waals surface area contributed by atoms with E-state index in [1.54, 1.807) is 0 Å². The molecule has 0 N–H and O–H groups in total. The van der Waals surface area contributed by atoms with Crippen LogP contribution in [0, 0.1) is 0 Å². The number of hydrogen-bond donors (Lipinski definition) is 0. The molecule has 0 aromatic heterocycles. The van der Waals surface area contributed by atoms with Gasteiger partial charge in [-0.2, -0.15) is 0 Å². The summed E-state index contributed by atoms with van der Waals surface area (Å²) in [6.07, 6.45) is 0.839. The van der Waals surface area contributed by atoms with Crippen molar-refractivity contribution >= 4 is 43.5 Å². The molecule has 0 aliphatic carbocycles. The van der Waals surface area contributed by atoms with Crippen molar-refractivity contribution in [1.82, 2.24) is 0 Å². The predicted molar refractivity (Wildman–Crippen MR) is 80.6 cm³/mol. The molecule has 0 bridgehead atoms. The highest BCUT2D eigenvalue weighted by molar-refractivity contribution is 9.10. The average molecular weight is 375 g/mol. The fourth-order valence-electron chi connectivity index (χ4n) is 1.65. The fraction of sp³-hybridized carbons (Fsp3) is 0.143. The Kier molecular flexibility index (Phi) is 4.66. The van der Waals surface area contributed by atoms with Crippen molar-refractivity contribution in [2.75, 3.05) is 0 Å². The van der Waals surface area contributed by atoms with Gasteiger partial charge in [0, 0.05) is 8.95 Å². The van der Waals surface area contributed by atoms with Crippen LogP contribution in [0.15, 0.2) is 57.5 Å². The zero-order valence-electron chi connectivity index (χ0n) is 9.04. The van der Waals surface area contributed by atoms with Gasteiger partial charge in [0.05, 0.1) is 5.38 Å². The topological polar surface area (TPSA) is 0 Å². The molecule has 0 aliphatic rings. The molecule has 3 heteroatoms. The Bertz CT molecular complexity index is 494. The third-order valence-electron chi connectivity index (χ3n) is 2.54. The highest BCUT2D eigenvalue weighted by Crippen LogP contribution is 2.27. The zero-order chi connectivity index (χ0) is 12.3. The maximum atomic E-state index is 6.42. The highest BCUT2D eigenvalue weighted by atomic mass is 79.9. The van der Waals surface area contributed by atoms with Gasteiger partial charge in [0.25, 0.3) is 0 Å². The molecule has 0 spiro atoms. The summed E-state index contributed by atoms with van der Waals surface area (Å²) in [6, 6.07) is 16.4. The van der Waals surface area contributed by atoms with Crippen molar-refractivity contribution in [1.29, 1.82) is 0 Å². The van der Waals surface area contributed by atoms with E-state index in [2.05, 4.69) is 56.1 Å². The molecule has 17 heavy (non-hydrogen) atoms. The van der Waals surface area contributed by atoms with Crippen LogP contribution in [0.2, 0.25) is 0 Å². The van der Waals surface area contributed by atoms with E-state index in [9.17, 15) is 0 Å². The van der Waals surface area contributed by atoms with Gasteiger partial charge in [-0.3, -0.25) is 0 Å². The second-order valence-corrected chi connectivity index (χ2v) is 6.21. The van der Waals surface area contributed by atoms with Gasteiger partial charge in [-0.15, -0.1) is 11.6 Å². The van der Waals surface area contributed by atoms with Gasteiger partial charge in [0.2, 0.25) is 0 Å². The monoisotopic (exact) mass is 372 g/mol. The van der Waals surface area contributed by atoms with Gasteiger partial charge in [-0.1, -0.05) is 56.1 Å². The standard InChI is InChI=1S/C14H11Br2Cl/c15-12-6-4-10(5-7-12)8-14(17)11-2-1-3-13(16)9-11/h1-7,9,14H,8H2. The minimum Gasteiger partial charge on any atom is -0.117 e. The molecule has 1 unspecified atom stereocenters. The molecule has 2 aromatic rings. The number of alkyl halides is 1. The Balaban J connectivity index is 2.11. The molecular formula is C14H11Br2Cl. The first-order valence-corrected chi connectivity index (χ1v) is 7.31. The van der Waals surface area contributed by atoms with Crippen LogP contribution in [-0.2, 0) is 6.42 Å². The SMILES string of the molecule is ClC(Cc1ccc(Br)cc1)c1cccc(Br)c1. The molecule has 88 valence electrons. The molecule has 0 fully saturated rings. The molecule has 2 aromatic carbocycles. The summed E-state index contributed by atoms with van der Waals surface area (Å²) in [7, 11) is 0. The normalized spacial score (nSPS) is 12.4. The molecule has 2 rings (SSSR count). The summed E-state index contributed by atoms with van der Waals surface area (Å²) in [4.78, 5) is 0. The Morgan fingerprint density at radius 2 is 1.65 bits per heavy atom. The van der Waals surface area contributed by atoms with Crippen LogP contribution < -0.4 is 0 Å². The summed E-state index contributed by atoms with van der Waals surface area (Å²) >= 11 is 13.3. The number of halogens is 3. The summed E-state index contributed by atoms with van der Waals surface area (Å²) in [5.41, 5.74) is 2.39. The van der Waals surface area contributed by atoms with Gasteiger partial charge >= 0.3 is 0 Å². The van der Waals surface area contributed by atoms with Gasteiger partial charge in [0.15, 0.2) is 0 Å². The molecule has 0 radical (unpaired) electrons. The van der Waals surface area contributed by atoms with Gasteiger partial charge in [-0.25, -0.2) is 0 Å². The third kappa shape index (κ3) is 3.84. The summed E-state index contributed by atoms with van der Waals surface area (Å²) < 4.78 is 2.16. The van der Waals surface area contributed by atoms with E-state index in [-0.39, 0.29) is 5.38 Å². The van der Waals surface area contributed by atoms with Crippen LogP contribution in [-0.4, -0.2) is 0 Å². The molecule has 0 amide bonds. The minimum absolute atomic E-state index is 0.00803. The van der Waals surface area contributed by atoms with Crippen LogP contribution in [0.25, 0.3) is 0 Å². The summed E-state index contributed by atoms with van der Waals surface area (Å²) in [6.45, 7) is 0. The predicted octanol–water partition coefficient (Wildman–Crippen LogP) is 5.73. The zero-order valence-corrected chi connectivity index (χ0v) is 13.0. The van der Waals surface area contributed by atoms with Crippen molar-refractivity contribution in [2.45, 2.75) is 11.8 Å². The van der Waals surface area contributed by atoms with E-state index >= 15 is 0 Å². The molecule has 0 heterocycles. The quantitative estimate of drug-likeness (QED) is 0.602. The molecule has 0 nitrogen and oxygen atoms in total.